The summed E-state index contributed by atoms with van der Waals surface area (Å²) in [6.45, 7) is 5.00. The van der Waals surface area contributed by atoms with Crippen molar-refractivity contribution in [2.75, 3.05) is 19.6 Å². The molecule has 1 aromatic carbocycles. The zero-order chi connectivity index (χ0) is 13.2. The Hall–Kier alpha value is -1.06. The Morgan fingerprint density at radius 3 is 2.60 bits per heavy atom. The summed E-state index contributed by atoms with van der Waals surface area (Å²) in [5.41, 5.74) is 1.28. The Morgan fingerprint density at radius 2 is 2.00 bits per heavy atom. The summed E-state index contributed by atoms with van der Waals surface area (Å²) in [5, 5.41) is 3.26. The van der Waals surface area contributed by atoms with Crippen molar-refractivity contribution in [3.05, 3.63) is 35.9 Å². The molecule has 1 N–H and O–H groups in total. The van der Waals surface area contributed by atoms with E-state index in [2.05, 4.69) is 41.4 Å². The highest BCUT2D eigenvalue weighted by atomic mass is 35.5. The molecule has 0 bridgehead atoms. The Kier molecular flexibility index (Phi) is 5.06. The molecule has 0 radical (unpaired) electrons. The van der Waals surface area contributed by atoms with Gasteiger partial charge in [-0.15, -0.1) is 12.4 Å². The van der Waals surface area contributed by atoms with E-state index in [1.165, 1.54) is 5.56 Å². The fraction of sp³-hybridized carbons (Fsp3) is 0.562. The van der Waals surface area contributed by atoms with Gasteiger partial charge in [0.1, 0.15) is 0 Å². The van der Waals surface area contributed by atoms with Crippen LogP contribution >= 0.6 is 12.4 Å². The average molecular weight is 295 g/mol. The molecule has 3 nitrogen and oxygen atoms in total. The molecule has 1 amide bonds. The van der Waals surface area contributed by atoms with E-state index >= 15 is 0 Å². The van der Waals surface area contributed by atoms with Gasteiger partial charge in [-0.2, -0.15) is 0 Å². The minimum atomic E-state index is 0. The summed E-state index contributed by atoms with van der Waals surface area (Å²) in [5.74, 6) is 1.04. The number of benzene rings is 1. The van der Waals surface area contributed by atoms with Gasteiger partial charge < -0.3 is 10.2 Å². The molecule has 0 spiro atoms. The summed E-state index contributed by atoms with van der Waals surface area (Å²) >= 11 is 0. The molecule has 0 saturated carbocycles. The van der Waals surface area contributed by atoms with Crippen LogP contribution < -0.4 is 5.32 Å². The van der Waals surface area contributed by atoms with Crippen LogP contribution in [0.25, 0.3) is 0 Å². The van der Waals surface area contributed by atoms with Crippen molar-refractivity contribution >= 4 is 18.3 Å². The molecule has 3 rings (SSSR count). The molecule has 4 heteroatoms. The summed E-state index contributed by atoms with van der Waals surface area (Å²) in [7, 11) is 0. The van der Waals surface area contributed by atoms with Crippen molar-refractivity contribution in [2.24, 2.45) is 11.8 Å². The summed E-state index contributed by atoms with van der Waals surface area (Å²) < 4.78 is 0. The van der Waals surface area contributed by atoms with Crippen molar-refractivity contribution in [2.45, 2.75) is 25.8 Å². The quantitative estimate of drug-likeness (QED) is 0.929. The molecular formula is C16H23ClN2O. The number of nitrogens with one attached hydrogen (secondary N) is 1. The fourth-order valence-electron chi connectivity index (χ4n) is 3.18. The van der Waals surface area contributed by atoms with Crippen molar-refractivity contribution < 1.29 is 4.79 Å². The highest BCUT2D eigenvalue weighted by molar-refractivity contribution is 5.85. The molecule has 2 atom stereocenters. The van der Waals surface area contributed by atoms with E-state index in [-0.39, 0.29) is 18.3 Å². The predicted molar refractivity (Wildman–Crippen MR) is 82.9 cm³/mol. The second-order valence-electron chi connectivity index (χ2n) is 5.81. The first-order valence-electron chi connectivity index (χ1n) is 7.33. The van der Waals surface area contributed by atoms with Gasteiger partial charge in [0.05, 0.1) is 6.04 Å². The van der Waals surface area contributed by atoms with E-state index < -0.39 is 0 Å². The van der Waals surface area contributed by atoms with E-state index in [0.29, 0.717) is 17.9 Å². The van der Waals surface area contributed by atoms with Gasteiger partial charge in [-0.05, 0) is 37.4 Å². The largest absolute Gasteiger partial charge is 0.335 e. The topological polar surface area (TPSA) is 32.3 Å². The van der Waals surface area contributed by atoms with Gasteiger partial charge in [0.25, 0.3) is 0 Å². The molecule has 2 heterocycles. The Morgan fingerprint density at radius 1 is 1.30 bits per heavy atom. The summed E-state index contributed by atoms with van der Waals surface area (Å²) in [4.78, 5) is 14.8. The maximum atomic E-state index is 12.7. The SMILES string of the molecule is CC(C(=O)N1CCCC1c1ccccc1)C1CNC1.Cl. The molecule has 0 aromatic heterocycles. The van der Waals surface area contributed by atoms with Crippen LogP contribution in [-0.4, -0.2) is 30.4 Å². The minimum absolute atomic E-state index is 0. The lowest BCUT2D eigenvalue weighted by molar-refractivity contribution is -0.138. The lowest BCUT2D eigenvalue weighted by Gasteiger charge is -2.35. The average Bonchev–Trinajstić information content (AvgIpc) is 2.86. The van der Waals surface area contributed by atoms with E-state index in [0.717, 1.165) is 32.5 Å². The van der Waals surface area contributed by atoms with Crippen LogP contribution in [0.1, 0.15) is 31.4 Å². The third kappa shape index (κ3) is 2.84. The number of likely N-dealkylation sites (tertiary alicyclic amines) is 1. The number of carbonyl (C=O) groups is 1. The zero-order valence-corrected chi connectivity index (χ0v) is 12.7. The highest BCUT2D eigenvalue weighted by Gasteiger charge is 2.36. The summed E-state index contributed by atoms with van der Waals surface area (Å²) in [6, 6.07) is 10.8. The number of hydrogen-bond acceptors (Lipinski definition) is 2. The van der Waals surface area contributed by atoms with Crippen molar-refractivity contribution in [1.29, 1.82) is 0 Å². The van der Waals surface area contributed by atoms with Gasteiger partial charge in [0, 0.05) is 12.5 Å². The Labute approximate surface area is 127 Å². The zero-order valence-electron chi connectivity index (χ0n) is 11.9. The number of carbonyl (C=O) groups excluding carboxylic acids is 1. The third-order valence-electron chi connectivity index (χ3n) is 4.63. The van der Waals surface area contributed by atoms with Gasteiger partial charge in [-0.1, -0.05) is 37.3 Å². The predicted octanol–water partition coefficient (Wildman–Crippen LogP) is 2.63. The second kappa shape index (κ2) is 6.59. The van der Waals surface area contributed by atoms with Crippen LogP contribution in [0, 0.1) is 11.8 Å². The molecule has 0 aliphatic carbocycles. The van der Waals surface area contributed by atoms with Crippen molar-refractivity contribution in [3.63, 3.8) is 0 Å². The minimum Gasteiger partial charge on any atom is -0.335 e. The number of halogens is 1. The third-order valence-corrected chi connectivity index (χ3v) is 4.63. The standard InChI is InChI=1S/C16H22N2O.ClH/c1-12(14-10-17-11-14)16(19)18-9-5-8-15(18)13-6-3-2-4-7-13;/h2-4,6-7,12,14-15,17H,5,8-11H2,1H3;1H. The summed E-state index contributed by atoms with van der Waals surface area (Å²) in [6.07, 6.45) is 2.23. The smallest absolute Gasteiger partial charge is 0.226 e. The number of amides is 1. The van der Waals surface area contributed by atoms with Crippen LogP contribution in [-0.2, 0) is 4.79 Å². The molecule has 110 valence electrons. The first-order chi connectivity index (χ1) is 9.27. The number of nitrogens with zero attached hydrogens (tertiary/aromatic N) is 1. The van der Waals surface area contributed by atoms with Crippen LogP contribution in [0.3, 0.4) is 0 Å². The molecule has 1 aromatic rings. The monoisotopic (exact) mass is 294 g/mol. The van der Waals surface area contributed by atoms with E-state index in [1.54, 1.807) is 0 Å². The van der Waals surface area contributed by atoms with Crippen LogP contribution in [0.4, 0.5) is 0 Å². The Bertz CT molecular complexity index is 447. The fourth-order valence-corrected chi connectivity index (χ4v) is 3.18. The van der Waals surface area contributed by atoms with Gasteiger partial charge in [-0.3, -0.25) is 4.79 Å². The second-order valence-corrected chi connectivity index (χ2v) is 5.81. The molecule has 2 aliphatic rings. The first kappa shape index (κ1) is 15.3. The molecule has 20 heavy (non-hydrogen) atoms. The lowest BCUT2D eigenvalue weighted by atomic mass is 9.87. The van der Waals surface area contributed by atoms with Gasteiger partial charge in [0.15, 0.2) is 0 Å². The van der Waals surface area contributed by atoms with E-state index in [1.807, 2.05) is 6.07 Å². The van der Waals surface area contributed by atoms with Gasteiger partial charge >= 0.3 is 0 Å². The highest BCUT2D eigenvalue weighted by Crippen LogP contribution is 2.34. The lowest BCUT2D eigenvalue weighted by Crippen LogP contribution is -2.50. The Balaban J connectivity index is 0.00000147. The number of rotatable bonds is 3. The van der Waals surface area contributed by atoms with Gasteiger partial charge in [-0.25, -0.2) is 0 Å². The molecule has 2 aliphatic heterocycles. The van der Waals surface area contributed by atoms with Crippen molar-refractivity contribution in [1.82, 2.24) is 10.2 Å². The maximum Gasteiger partial charge on any atom is 0.226 e. The van der Waals surface area contributed by atoms with Crippen LogP contribution in [0.15, 0.2) is 30.3 Å². The molecule has 2 fully saturated rings. The first-order valence-corrected chi connectivity index (χ1v) is 7.33. The van der Waals surface area contributed by atoms with Crippen LogP contribution in [0.2, 0.25) is 0 Å². The maximum absolute atomic E-state index is 12.7. The number of hydrogen-bond donors (Lipinski definition) is 1. The van der Waals surface area contributed by atoms with E-state index in [9.17, 15) is 4.79 Å². The molecular weight excluding hydrogens is 272 g/mol. The van der Waals surface area contributed by atoms with E-state index in [4.69, 9.17) is 0 Å². The molecule has 2 unspecified atom stereocenters. The molecule has 2 saturated heterocycles. The van der Waals surface area contributed by atoms with Gasteiger partial charge in [0.2, 0.25) is 5.91 Å². The van der Waals surface area contributed by atoms with Crippen molar-refractivity contribution in [3.8, 4) is 0 Å². The van der Waals surface area contributed by atoms with Crippen LogP contribution in [0.5, 0.6) is 0 Å². The normalized spacial score (nSPS) is 23.9.